The molecule has 0 aliphatic carbocycles. The molecule has 0 aliphatic heterocycles. The van der Waals surface area contributed by atoms with E-state index in [1.807, 2.05) is 0 Å². The predicted octanol–water partition coefficient (Wildman–Crippen LogP) is 20.9. The standard InChI is InChI=1S/C76H51N/c1-5-15-52(16-6-1)55-25-29-57(30-26-55)64-37-43-69(71(48-64)60-20-9-3-10-21-60)66-39-45-75-73(50-66)74-51-67(40-46-76(74)77(75)68-41-35-59(36-42-68)63-34-33-54-19-13-14-24-62(54)47-63)70-44-38-65(49-72(70)61-22-11-4-12-23-61)58-31-27-56(28-32-58)53-17-7-2-8-18-53/h1-51H. The highest BCUT2D eigenvalue weighted by atomic mass is 15.0. The van der Waals surface area contributed by atoms with Crippen LogP contribution in [0.25, 0.3) is 138 Å². The van der Waals surface area contributed by atoms with E-state index in [-0.39, 0.29) is 0 Å². The Balaban J connectivity index is 0.917. The summed E-state index contributed by atoms with van der Waals surface area (Å²) < 4.78 is 2.45. The first kappa shape index (κ1) is 45.5. The first-order valence-corrected chi connectivity index (χ1v) is 26.5. The SMILES string of the molecule is c1ccc(-c2ccc(-c3ccc(-c4ccc5c(c4)c4cc(-c6ccc(-c7ccc(-c8ccccc8)cc7)cc6-c6ccccc6)ccc4n5-c4ccc(-c5ccc6ccccc6c5)cc4)c(-c4ccccc4)c3)cc2)cc1. The molecule has 77 heavy (non-hydrogen) atoms. The molecule has 1 heterocycles. The molecule has 14 aromatic rings. The minimum absolute atomic E-state index is 1.12. The zero-order valence-electron chi connectivity index (χ0n) is 42.4. The van der Waals surface area contributed by atoms with Crippen molar-refractivity contribution in [1.29, 1.82) is 0 Å². The van der Waals surface area contributed by atoms with E-state index in [1.54, 1.807) is 0 Å². The van der Waals surface area contributed by atoms with Crippen LogP contribution in [-0.2, 0) is 0 Å². The topological polar surface area (TPSA) is 4.93 Å². The fourth-order valence-electron chi connectivity index (χ4n) is 11.4. The lowest BCUT2D eigenvalue weighted by Crippen LogP contribution is -1.94. The molecule has 0 atom stereocenters. The Morgan fingerprint density at radius 3 is 0.922 bits per heavy atom. The molecule has 0 radical (unpaired) electrons. The van der Waals surface area contributed by atoms with Crippen molar-refractivity contribution in [2.24, 2.45) is 0 Å². The summed E-state index contributed by atoms with van der Waals surface area (Å²) in [4.78, 5) is 0. The van der Waals surface area contributed by atoms with E-state index in [1.165, 1.54) is 122 Å². The third kappa shape index (κ3) is 8.70. The maximum atomic E-state index is 2.45. The average molecular weight is 978 g/mol. The molecular formula is C76H51N. The maximum Gasteiger partial charge on any atom is 0.0541 e. The van der Waals surface area contributed by atoms with Crippen LogP contribution in [0.15, 0.2) is 309 Å². The predicted molar refractivity (Wildman–Crippen MR) is 327 cm³/mol. The van der Waals surface area contributed by atoms with E-state index in [0.29, 0.717) is 0 Å². The van der Waals surface area contributed by atoms with Crippen LogP contribution < -0.4 is 0 Å². The number of hydrogen-bond donors (Lipinski definition) is 0. The smallest absolute Gasteiger partial charge is 0.0541 e. The second-order valence-electron chi connectivity index (χ2n) is 20.0. The minimum Gasteiger partial charge on any atom is -0.309 e. The average Bonchev–Trinajstić information content (AvgIpc) is 3.91. The largest absolute Gasteiger partial charge is 0.309 e. The summed E-state index contributed by atoms with van der Waals surface area (Å²) in [6.07, 6.45) is 0. The van der Waals surface area contributed by atoms with Crippen molar-refractivity contribution in [2.45, 2.75) is 0 Å². The number of benzene rings is 13. The van der Waals surface area contributed by atoms with Gasteiger partial charge in [0.25, 0.3) is 0 Å². The summed E-state index contributed by atoms with van der Waals surface area (Å²) in [5.41, 5.74) is 25.0. The normalized spacial score (nSPS) is 11.4. The van der Waals surface area contributed by atoms with Crippen LogP contribution >= 0.6 is 0 Å². The van der Waals surface area contributed by atoms with Crippen molar-refractivity contribution in [3.05, 3.63) is 309 Å². The van der Waals surface area contributed by atoms with Gasteiger partial charge in [0.05, 0.1) is 11.0 Å². The Hall–Kier alpha value is -10.1. The number of fused-ring (bicyclic) bond motifs is 4. The molecule has 0 bridgehead atoms. The third-order valence-corrected chi connectivity index (χ3v) is 15.5. The van der Waals surface area contributed by atoms with Crippen molar-refractivity contribution in [1.82, 2.24) is 4.57 Å². The summed E-state index contributed by atoms with van der Waals surface area (Å²) in [7, 11) is 0. The monoisotopic (exact) mass is 977 g/mol. The molecule has 1 heteroatoms. The van der Waals surface area contributed by atoms with Gasteiger partial charge in [0.15, 0.2) is 0 Å². The third-order valence-electron chi connectivity index (χ3n) is 15.5. The number of rotatable bonds is 10. The summed E-state index contributed by atoms with van der Waals surface area (Å²) in [6, 6.07) is 113. The van der Waals surface area contributed by atoms with Crippen molar-refractivity contribution in [3.8, 4) is 106 Å². The summed E-state index contributed by atoms with van der Waals surface area (Å²) in [6.45, 7) is 0. The Kier molecular flexibility index (Phi) is 11.6. The van der Waals surface area contributed by atoms with E-state index in [9.17, 15) is 0 Å². The zero-order chi connectivity index (χ0) is 51.1. The van der Waals surface area contributed by atoms with Crippen molar-refractivity contribution in [3.63, 3.8) is 0 Å². The fourth-order valence-corrected chi connectivity index (χ4v) is 11.4. The molecule has 14 rings (SSSR count). The molecule has 1 aromatic heterocycles. The van der Waals surface area contributed by atoms with E-state index in [0.717, 1.165) is 16.7 Å². The first-order chi connectivity index (χ1) is 38.1. The molecule has 0 saturated heterocycles. The van der Waals surface area contributed by atoms with Gasteiger partial charge in [0.2, 0.25) is 0 Å². The van der Waals surface area contributed by atoms with Crippen LogP contribution in [-0.4, -0.2) is 4.57 Å². The summed E-state index contributed by atoms with van der Waals surface area (Å²) >= 11 is 0. The molecule has 13 aromatic carbocycles. The van der Waals surface area contributed by atoms with Gasteiger partial charge in [-0.05, 0) is 166 Å². The zero-order valence-corrected chi connectivity index (χ0v) is 42.4. The first-order valence-electron chi connectivity index (χ1n) is 26.5. The molecule has 0 N–H and O–H groups in total. The van der Waals surface area contributed by atoms with Crippen molar-refractivity contribution < 1.29 is 0 Å². The van der Waals surface area contributed by atoms with Gasteiger partial charge >= 0.3 is 0 Å². The molecule has 1 nitrogen and oxygen atoms in total. The van der Waals surface area contributed by atoms with Crippen LogP contribution in [0, 0.1) is 0 Å². The highest BCUT2D eigenvalue weighted by molar-refractivity contribution is 6.12. The van der Waals surface area contributed by atoms with Gasteiger partial charge in [-0.15, -0.1) is 0 Å². The fraction of sp³-hybridized carbons (Fsp3) is 0. The van der Waals surface area contributed by atoms with Crippen LogP contribution in [0.4, 0.5) is 0 Å². The maximum absolute atomic E-state index is 2.45. The number of nitrogens with zero attached hydrogens (tertiary/aromatic N) is 1. The molecule has 0 aliphatic rings. The highest BCUT2D eigenvalue weighted by Crippen LogP contribution is 2.43. The summed E-state index contributed by atoms with van der Waals surface area (Å²) in [5, 5.41) is 4.90. The van der Waals surface area contributed by atoms with Gasteiger partial charge in [-0.1, -0.05) is 255 Å². The molecule has 0 spiro atoms. The molecule has 0 saturated carbocycles. The van der Waals surface area contributed by atoms with Crippen LogP contribution in [0.5, 0.6) is 0 Å². The van der Waals surface area contributed by atoms with Crippen molar-refractivity contribution in [2.75, 3.05) is 0 Å². The lowest BCUT2D eigenvalue weighted by atomic mass is 9.89. The van der Waals surface area contributed by atoms with E-state index < -0.39 is 0 Å². The Bertz CT molecular complexity index is 4190. The summed E-state index contributed by atoms with van der Waals surface area (Å²) in [5.74, 6) is 0. The highest BCUT2D eigenvalue weighted by Gasteiger charge is 2.19. The lowest BCUT2D eigenvalue weighted by Gasteiger charge is -2.14. The molecule has 0 fully saturated rings. The van der Waals surface area contributed by atoms with Crippen LogP contribution in [0.1, 0.15) is 0 Å². The van der Waals surface area contributed by atoms with E-state index in [2.05, 4.69) is 314 Å². The van der Waals surface area contributed by atoms with E-state index in [4.69, 9.17) is 0 Å². The molecular weight excluding hydrogens is 927 g/mol. The van der Waals surface area contributed by atoms with Gasteiger partial charge < -0.3 is 4.57 Å². The van der Waals surface area contributed by atoms with Crippen LogP contribution in [0.3, 0.4) is 0 Å². The van der Waals surface area contributed by atoms with Gasteiger partial charge in [-0.25, -0.2) is 0 Å². The number of aromatic nitrogens is 1. The second-order valence-corrected chi connectivity index (χ2v) is 20.0. The van der Waals surface area contributed by atoms with Gasteiger partial charge in [-0.3, -0.25) is 0 Å². The van der Waals surface area contributed by atoms with E-state index >= 15 is 0 Å². The Morgan fingerprint density at radius 1 is 0.169 bits per heavy atom. The van der Waals surface area contributed by atoms with Gasteiger partial charge in [0.1, 0.15) is 0 Å². The molecule has 360 valence electrons. The van der Waals surface area contributed by atoms with Gasteiger partial charge in [0, 0.05) is 16.5 Å². The van der Waals surface area contributed by atoms with Crippen LogP contribution in [0.2, 0.25) is 0 Å². The minimum atomic E-state index is 1.12. The second kappa shape index (κ2) is 19.6. The number of hydrogen-bond acceptors (Lipinski definition) is 0. The molecule has 0 amide bonds. The quantitative estimate of drug-likeness (QED) is 0.129. The Labute approximate surface area is 449 Å². The molecule has 0 unspecified atom stereocenters. The Morgan fingerprint density at radius 2 is 0.481 bits per heavy atom. The van der Waals surface area contributed by atoms with Crippen molar-refractivity contribution >= 4 is 32.6 Å². The van der Waals surface area contributed by atoms with Gasteiger partial charge in [-0.2, -0.15) is 0 Å². The lowest BCUT2D eigenvalue weighted by molar-refractivity contribution is 1.18.